The third kappa shape index (κ3) is 3.48. The van der Waals surface area contributed by atoms with E-state index in [4.69, 9.17) is 19.9 Å². The van der Waals surface area contributed by atoms with Crippen LogP contribution in [0, 0.1) is 5.92 Å². The van der Waals surface area contributed by atoms with Gasteiger partial charge in [-0.3, -0.25) is 14.9 Å². The number of morpholine rings is 1. The summed E-state index contributed by atoms with van der Waals surface area (Å²) in [5.74, 6) is 0.250. The maximum atomic E-state index is 5.74. The predicted molar refractivity (Wildman–Crippen MR) is 118 cm³/mol. The van der Waals surface area contributed by atoms with Crippen LogP contribution < -0.4 is 0 Å². The van der Waals surface area contributed by atoms with E-state index in [0.717, 1.165) is 62.0 Å². The standard InChI is InChI=1S/C24H29N5O/c1-2-6-12-24(29-15-17-30-18-16-29)19(9-3-1)22(20-10-4-7-13-25-20)27-28-23(24)21-11-5-8-14-26-21/h4-5,7-8,10-11,13-14,19H,1-3,6,9,12,15-18H2/t19-,24+/m1/s1. The third-order valence-corrected chi connectivity index (χ3v) is 6.79. The number of hydrogen-bond acceptors (Lipinski definition) is 6. The molecule has 0 unspecified atom stereocenters. The molecule has 1 saturated carbocycles. The van der Waals surface area contributed by atoms with E-state index >= 15 is 0 Å². The fraction of sp³-hybridized carbons (Fsp3) is 0.500. The monoisotopic (exact) mass is 403 g/mol. The first-order chi connectivity index (χ1) is 14.9. The Hall–Kier alpha value is -2.44. The lowest BCUT2D eigenvalue weighted by Gasteiger charge is -2.52. The van der Waals surface area contributed by atoms with Gasteiger partial charge in [-0.25, -0.2) is 0 Å². The number of rotatable bonds is 3. The van der Waals surface area contributed by atoms with Gasteiger partial charge in [0, 0.05) is 31.4 Å². The molecule has 5 rings (SSSR count). The van der Waals surface area contributed by atoms with E-state index in [2.05, 4.69) is 22.0 Å². The van der Waals surface area contributed by atoms with Gasteiger partial charge in [-0.05, 0) is 37.1 Å². The van der Waals surface area contributed by atoms with Crippen LogP contribution in [0.5, 0.6) is 0 Å². The molecule has 2 aliphatic heterocycles. The normalized spacial score (nSPS) is 27.9. The summed E-state index contributed by atoms with van der Waals surface area (Å²) in [5, 5.41) is 9.68. The van der Waals surface area contributed by atoms with Crippen LogP contribution in [-0.2, 0) is 4.74 Å². The molecule has 6 nitrogen and oxygen atoms in total. The van der Waals surface area contributed by atoms with Gasteiger partial charge < -0.3 is 4.74 Å². The SMILES string of the molecule is c1ccc(C2=NN=C(c3ccccn3)[C@]3(N4CCOCC4)CCCCCC[C@H]23)nc1. The van der Waals surface area contributed by atoms with E-state index in [1.54, 1.807) is 0 Å². The van der Waals surface area contributed by atoms with Crippen LogP contribution in [0.1, 0.15) is 49.9 Å². The van der Waals surface area contributed by atoms with Gasteiger partial charge in [0.25, 0.3) is 0 Å². The Morgan fingerprint density at radius 3 is 2.30 bits per heavy atom. The lowest BCUT2D eigenvalue weighted by Crippen LogP contribution is -2.65. The Kier molecular flexibility index (Phi) is 5.69. The smallest absolute Gasteiger partial charge is 0.110 e. The molecule has 4 heterocycles. The van der Waals surface area contributed by atoms with Gasteiger partial charge in [-0.1, -0.05) is 37.8 Å². The van der Waals surface area contributed by atoms with Gasteiger partial charge in [-0.15, -0.1) is 0 Å². The minimum Gasteiger partial charge on any atom is -0.379 e. The van der Waals surface area contributed by atoms with Gasteiger partial charge in [0.05, 0.1) is 35.9 Å². The molecular formula is C24H29N5O. The molecule has 0 bridgehead atoms. The first kappa shape index (κ1) is 19.5. The van der Waals surface area contributed by atoms with Crippen molar-refractivity contribution in [3.05, 3.63) is 60.2 Å². The van der Waals surface area contributed by atoms with Gasteiger partial charge in [0.1, 0.15) is 5.71 Å². The van der Waals surface area contributed by atoms with Gasteiger partial charge in [0.15, 0.2) is 0 Å². The topological polar surface area (TPSA) is 63.0 Å². The van der Waals surface area contributed by atoms with E-state index in [9.17, 15) is 0 Å². The van der Waals surface area contributed by atoms with Crippen molar-refractivity contribution in [1.82, 2.24) is 14.9 Å². The molecule has 2 aromatic rings. The zero-order valence-corrected chi connectivity index (χ0v) is 17.4. The second-order valence-electron chi connectivity index (χ2n) is 8.39. The van der Waals surface area contributed by atoms with Crippen molar-refractivity contribution in [2.75, 3.05) is 26.3 Å². The molecule has 1 saturated heterocycles. The number of nitrogens with zero attached hydrogens (tertiary/aromatic N) is 5. The molecule has 0 amide bonds. The minimum absolute atomic E-state index is 0.215. The molecule has 0 spiro atoms. The van der Waals surface area contributed by atoms with Crippen molar-refractivity contribution >= 4 is 11.4 Å². The molecule has 6 heteroatoms. The Morgan fingerprint density at radius 2 is 1.57 bits per heavy atom. The van der Waals surface area contributed by atoms with Gasteiger partial charge in [0.2, 0.25) is 0 Å². The molecule has 30 heavy (non-hydrogen) atoms. The first-order valence-electron chi connectivity index (χ1n) is 11.2. The molecule has 2 aromatic heterocycles. The fourth-order valence-electron chi connectivity index (χ4n) is 5.43. The quantitative estimate of drug-likeness (QED) is 0.783. The Labute approximate surface area is 178 Å². The maximum Gasteiger partial charge on any atom is 0.110 e. The van der Waals surface area contributed by atoms with Crippen molar-refractivity contribution in [1.29, 1.82) is 0 Å². The number of aromatic nitrogens is 2. The average molecular weight is 404 g/mol. The van der Waals surface area contributed by atoms with E-state index in [1.807, 2.05) is 36.7 Å². The zero-order valence-electron chi connectivity index (χ0n) is 17.4. The number of hydrogen-bond donors (Lipinski definition) is 0. The molecular weight excluding hydrogens is 374 g/mol. The van der Waals surface area contributed by atoms with E-state index in [1.165, 1.54) is 25.7 Å². The zero-order chi connectivity index (χ0) is 20.2. The first-order valence-corrected chi connectivity index (χ1v) is 11.2. The molecule has 2 fully saturated rings. The Morgan fingerprint density at radius 1 is 0.833 bits per heavy atom. The summed E-state index contributed by atoms with van der Waals surface area (Å²) in [5.41, 5.74) is 3.73. The third-order valence-electron chi connectivity index (χ3n) is 6.79. The highest BCUT2D eigenvalue weighted by atomic mass is 16.5. The van der Waals surface area contributed by atoms with Crippen molar-refractivity contribution in [3.8, 4) is 0 Å². The van der Waals surface area contributed by atoms with Crippen molar-refractivity contribution in [2.45, 2.75) is 44.1 Å². The van der Waals surface area contributed by atoms with Crippen LogP contribution in [0.15, 0.2) is 59.0 Å². The second-order valence-corrected chi connectivity index (χ2v) is 8.39. The Balaban J connectivity index is 1.70. The lowest BCUT2D eigenvalue weighted by atomic mass is 9.66. The molecule has 0 N–H and O–H groups in total. The van der Waals surface area contributed by atoms with Crippen LogP contribution in [0.2, 0.25) is 0 Å². The predicted octanol–water partition coefficient (Wildman–Crippen LogP) is 3.73. The maximum absolute atomic E-state index is 5.74. The lowest BCUT2D eigenvalue weighted by molar-refractivity contribution is -0.0164. The largest absolute Gasteiger partial charge is 0.379 e. The van der Waals surface area contributed by atoms with Crippen molar-refractivity contribution < 1.29 is 4.74 Å². The van der Waals surface area contributed by atoms with Crippen LogP contribution in [-0.4, -0.2) is 58.1 Å². The van der Waals surface area contributed by atoms with Crippen LogP contribution in [0.3, 0.4) is 0 Å². The molecule has 1 aliphatic carbocycles. The highest BCUT2D eigenvalue weighted by molar-refractivity contribution is 6.14. The van der Waals surface area contributed by atoms with Gasteiger partial charge >= 0.3 is 0 Å². The van der Waals surface area contributed by atoms with Crippen molar-refractivity contribution in [2.24, 2.45) is 16.1 Å². The van der Waals surface area contributed by atoms with E-state index < -0.39 is 0 Å². The summed E-state index contributed by atoms with van der Waals surface area (Å²) >= 11 is 0. The summed E-state index contributed by atoms with van der Waals surface area (Å²) in [6.45, 7) is 3.36. The molecule has 156 valence electrons. The highest BCUT2D eigenvalue weighted by Crippen LogP contribution is 2.43. The molecule has 0 radical (unpaired) electrons. The summed E-state index contributed by atoms with van der Waals surface area (Å²) in [6, 6.07) is 12.2. The van der Waals surface area contributed by atoms with Gasteiger partial charge in [-0.2, -0.15) is 10.2 Å². The molecule has 3 aliphatic rings. The van der Waals surface area contributed by atoms with Crippen molar-refractivity contribution in [3.63, 3.8) is 0 Å². The molecule has 2 atom stereocenters. The fourth-order valence-corrected chi connectivity index (χ4v) is 5.43. The Bertz CT molecular complexity index is 908. The van der Waals surface area contributed by atoms with E-state index in [0.29, 0.717) is 0 Å². The average Bonchev–Trinajstić information content (AvgIpc) is 2.81. The van der Waals surface area contributed by atoms with E-state index in [-0.39, 0.29) is 11.5 Å². The summed E-state index contributed by atoms with van der Waals surface area (Å²) < 4.78 is 5.74. The summed E-state index contributed by atoms with van der Waals surface area (Å²) in [4.78, 5) is 12.0. The van der Waals surface area contributed by atoms with Crippen LogP contribution >= 0.6 is 0 Å². The molecule has 0 aromatic carbocycles. The second kappa shape index (κ2) is 8.74. The van der Waals surface area contributed by atoms with Crippen LogP contribution in [0.4, 0.5) is 0 Å². The summed E-state index contributed by atoms with van der Waals surface area (Å²) in [6.07, 6.45) is 10.8. The highest BCUT2D eigenvalue weighted by Gasteiger charge is 2.53. The minimum atomic E-state index is -0.215. The number of fused-ring (bicyclic) bond motifs is 1. The number of ether oxygens (including phenoxy) is 1. The number of pyridine rings is 2. The summed E-state index contributed by atoms with van der Waals surface area (Å²) in [7, 11) is 0. The van der Waals surface area contributed by atoms with Crippen LogP contribution in [0.25, 0.3) is 0 Å².